The van der Waals surface area contributed by atoms with Gasteiger partial charge in [0, 0.05) is 6.92 Å². The van der Waals surface area contributed by atoms with Crippen molar-refractivity contribution in [2.75, 3.05) is 0 Å². The van der Waals surface area contributed by atoms with E-state index in [4.69, 9.17) is 5.26 Å². The van der Waals surface area contributed by atoms with Crippen molar-refractivity contribution in [3.05, 3.63) is 29.3 Å². The minimum absolute atomic E-state index is 0.254. The Morgan fingerprint density at radius 2 is 2.06 bits per heavy atom. The van der Waals surface area contributed by atoms with Gasteiger partial charge in [-0.1, -0.05) is 0 Å². The SMILES string of the molecule is CC(=O)OOc1ccc(C(F)(F)F)cc1C#N. The molecule has 0 bridgehead atoms. The van der Waals surface area contributed by atoms with E-state index in [0.717, 1.165) is 19.1 Å². The quantitative estimate of drug-likeness (QED) is 0.593. The fraction of sp³-hybridized carbons (Fsp3) is 0.200. The summed E-state index contributed by atoms with van der Waals surface area (Å²) in [5.41, 5.74) is -1.36. The van der Waals surface area contributed by atoms with E-state index in [-0.39, 0.29) is 11.3 Å². The van der Waals surface area contributed by atoms with Gasteiger partial charge in [0.2, 0.25) is 0 Å². The van der Waals surface area contributed by atoms with Crippen molar-refractivity contribution in [1.82, 2.24) is 0 Å². The second-order valence-corrected chi connectivity index (χ2v) is 2.98. The summed E-state index contributed by atoms with van der Waals surface area (Å²) in [5.74, 6) is -1.04. The molecule has 0 aromatic heterocycles. The number of hydrogen-bond donors (Lipinski definition) is 0. The number of benzene rings is 1. The molecule has 90 valence electrons. The predicted molar refractivity (Wildman–Crippen MR) is 48.6 cm³/mol. The van der Waals surface area contributed by atoms with E-state index in [1.165, 1.54) is 6.07 Å². The minimum Gasteiger partial charge on any atom is -0.286 e. The third kappa shape index (κ3) is 3.38. The Kier molecular flexibility index (Phi) is 3.58. The zero-order valence-corrected chi connectivity index (χ0v) is 8.54. The molecular weight excluding hydrogens is 239 g/mol. The van der Waals surface area contributed by atoms with Gasteiger partial charge in [0.05, 0.1) is 11.1 Å². The molecule has 0 radical (unpaired) electrons. The molecule has 0 fully saturated rings. The van der Waals surface area contributed by atoms with E-state index in [9.17, 15) is 18.0 Å². The summed E-state index contributed by atoms with van der Waals surface area (Å²) in [7, 11) is 0. The van der Waals surface area contributed by atoms with E-state index < -0.39 is 17.7 Å². The summed E-state index contributed by atoms with van der Waals surface area (Å²) >= 11 is 0. The lowest BCUT2D eigenvalue weighted by Crippen LogP contribution is -2.07. The third-order valence-electron chi connectivity index (χ3n) is 1.68. The van der Waals surface area contributed by atoms with Crippen LogP contribution in [0.25, 0.3) is 0 Å². The average molecular weight is 245 g/mol. The fourth-order valence-electron chi connectivity index (χ4n) is 0.970. The van der Waals surface area contributed by atoms with Crippen molar-refractivity contribution in [1.29, 1.82) is 5.26 Å². The highest BCUT2D eigenvalue weighted by Crippen LogP contribution is 2.32. The molecule has 0 aliphatic heterocycles. The Labute approximate surface area is 94.1 Å². The van der Waals surface area contributed by atoms with Crippen LogP contribution in [0, 0.1) is 11.3 Å². The molecule has 1 rings (SSSR count). The van der Waals surface area contributed by atoms with Crippen molar-refractivity contribution in [3.63, 3.8) is 0 Å². The Bertz CT molecular complexity index is 477. The van der Waals surface area contributed by atoms with Crippen LogP contribution in [-0.2, 0) is 15.9 Å². The summed E-state index contributed by atoms with van der Waals surface area (Å²) < 4.78 is 36.9. The molecule has 0 heterocycles. The summed E-state index contributed by atoms with van der Waals surface area (Å²) in [4.78, 5) is 19.0. The summed E-state index contributed by atoms with van der Waals surface area (Å²) in [6.07, 6.45) is -4.55. The lowest BCUT2D eigenvalue weighted by molar-refractivity contribution is -0.211. The number of carbonyl (C=O) groups excluding carboxylic acids is 1. The van der Waals surface area contributed by atoms with Crippen molar-refractivity contribution >= 4 is 5.97 Å². The van der Waals surface area contributed by atoms with Gasteiger partial charge in [0.25, 0.3) is 0 Å². The van der Waals surface area contributed by atoms with Crippen LogP contribution in [0.4, 0.5) is 13.2 Å². The smallest absolute Gasteiger partial charge is 0.286 e. The van der Waals surface area contributed by atoms with Crippen molar-refractivity contribution in [2.45, 2.75) is 13.1 Å². The first kappa shape index (κ1) is 12.8. The van der Waals surface area contributed by atoms with E-state index in [1.807, 2.05) is 0 Å². The van der Waals surface area contributed by atoms with Gasteiger partial charge in [0.15, 0.2) is 5.75 Å². The standard InChI is InChI=1S/C10H6F3NO3/c1-6(15)16-17-9-3-2-8(10(11,12)13)4-7(9)5-14/h2-4H,1H3. The molecule has 7 heteroatoms. The van der Waals surface area contributed by atoms with Gasteiger partial charge < -0.3 is 0 Å². The van der Waals surface area contributed by atoms with Gasteiger partial charge in [0.1, 0.15) is 6.07 Å². The Balaban J connectivity index is 3.03. The topological polar surface area (TPSA) is 59.3 Å². The van der Waals surface area contributed by atoms with Gasteiger partial charge in [-0.3, -0.25) is 9.78 Å². The van der Waals surface area contributed by atoms with Crippen LogP contribution in [0.5, 0.6) is 5.75 Å². The molecule has 4 nitrogen and oxygen atoms in total. The van der Waals surface area contributed by atoms with Gasteiger partial charge in [-0.15, -0.1) is 0 Å². The van der Waals surface area contributed by atoms with Crippen LogP contribution in [0.15, 0.2) is 18.2 Å². The number of halogens is 3. The first-order valence-corrected chi connectivity index (χ1v) is 4.31. The first-order valence-electron chi connectivity index (χ1n) is 4.31. The van der Waals surface area contributed by atoms with Crippen LogP contribution >= 0.6 is 0 Å². The maximum atomic E-state index is 12.3. The lowest BCUT2D eigenvalue weighted by Gasteiger charge is -2.09. The zero-order valence-electron chi connectivity index (χ0n) is 8.54. The fourth-order valence-corrected chi connectivity index (χ4v) is 0.970. The molecule has 0 N–H and O–H groups in total. The van der Waals surface area contributed by atoms with E-state index in [1.54, 1.807) is 0 Å². The molecule has 0 aliphatic rings. The van der Waals surface area contributed by atoms with Gasteiger partial charge in [-0.2, -0.15) is 18.4 Å². The van der Waals surface area contributed by atoms with Crippen molar-refractivity contribution < 1.29 is 27.7 Å². The Hall–Kier alpha value is -2.23. The molecule has 0 unspecified atom stereocenters. The van der Waals surface area contributed by atoms with Gasteiger partial charge in [-0.25, -0.2) is 4.79 Å². The third-order valence-corrected chi connectivity index (χ3v) is 1.68. The monoisotopic (exact) mass is 245 g/mol. The van der Waals surface area contributed by atoms with Gasteiger partial charge in [-0.05, 0) is 18.2 Å². The molecule has 17 heavy (non-hydrogen) atoms. The van der Waals surface area contributed by atoms with Crippen LogP contribution in [0.1, 0.15) is 18.1 Å². The van der Waals surface area contributed by atoms with Gasteiger partial charge >= 0.3 is 12.1 Å². The van der Waals surface area contributed by atoms with Crippen LogP contribution in [-0.4, -0.2) is 5.97 Å². The van der Waals surface area contributed by atoms with Crippen LogP contribution in [0.3, 0.4) is 0 Å². The second kappa shape index (κ2) is 4.74. The summed E-state index contributed by atoms with van der Waals surface area (Å²) in [6, 6.07) is 3.75. The highest BCUT2D eigenvalue weighted by Gasteiger charge is 2.31. The maximum Gasteiger partial charge on any atom is 0.416 e. The first-order chi connectivity index (χ1) is 7.84. The normalized spacial score (nSPS) is 10.5. The lowest BCUT2D eigenvalue weighted by atomic mass is 10.1. The molecule has 1 aromatic carbocycles. The molecular formula is C10H6F3NO3. The van der Waals surface area contributed by atoms with Crippen molar-refractivity contribution in [3.8, 4) is 11.8 Å². The number of hydrogen-bond acceptors (Lipinski definition) is 4. The van der Waals surface area contributed by atoms with E-state index in [2.05, 4.69) is 9.78 Å². The molecule has 0 aliphatic carbocycles. The molecule has 0 saturated carbocycles. The van der Waals surface area contributed by atoms with E-state index in [0.29, 0.717) is 6.07 Å². The Morgan fingerprint density at radius 3 is 2.53 bits per heavy atom. The molecule has 1 aromatic rings. The predicted octanol–water partition coefficient (Wildman–Crippen LogP) is 2.43. The average Bonchev–Trinajstić information content (AvgIpc) is 2.24. The number of nitrogens with zero attached hydrogens (tertiary/aromatic N) is 1. The minimum atomic E-state index is -4.55. The highest BCUT2D eigenvalue weighted by atomic mass is 19.4. The number of alkyl halides is 3. The van der Waals surface area contributed by atoms with Crippen LogP contribution in [0.2, 0.25) is 0 Å². The second-order valence-electron chi connectivity index (χ2n) is 2.98. The van der Waals surface area contributed by atoms with Crippen LogP contribution < -0.4 is 4.89 Å². The van der Waals surface area contributed by atoms with E-state index >= 15 is 0 Å². The molecule has 0 saturated heterocycles. The number of rotatable bonds is 2. The zero-order chi connectivity index (χ0) is 13.1. The molecule has 0 spiro atoms. The Morgan fingerprint density at radius 1 is 1.41 bits per heavy atom. The molecule has 0 atom stereocenters. The number of nitriles is 1. The largest absolute Gasteiger partial charge is 0.416 e. The summed E-state index contributed by atoms with van der Waals surface area (Å²) in [6.45, 7) is 1.05. The molecule has 0 amide bonds. The van der Waals surface area contributed by atoms with Crippen molar-refractivity contribution in [2.24, 2.45) is 0 Å². The summed E-state index contributed by atoms with van der Waals surface area (Å²) in [5, 5.41) is 8.64. The number of carbonyl (C=O) groups is 1. The maximum absolute atomic E-state index is 12.3. The highest BCUT2D eigenvalue weighted by molar-refractivity contribution is 5.65.